The van der Waals surface area contributed by atoms with E-state index in [2.05, 4.69) is 10.3 Å². The van der Waals surface area contributed by atoms with E-state index in [0.29, 0.717) is 17.7 Å². The first kappa shape index (κ1) is 19.3. The fourth-order valence-electron chi connectivity index (χ4n) is 3.08. The van der Waals surface area contributed by atoms with Crippen molar-refractivity contribution in [3.8, 4) is 0 Å². The van der Waals surface area contributed by atoms with Crippen LogP contribution in [0.2, 0.25) is 0 Å². The maximum absolute atomic E-state index is 12.7. The van der Waals surface area contributed by atoms with Crippen LogP contribution in [0.4, 0.5) is 5.69 Å². The minimum absolute atomic E-state index is 0.183. The second-order valence-corrected chi connectivity index (χ2v) is 6.94. The highest BCUT2D eigenvalue weighted by Gasteiger charge is 2.15. The number of nitrogens with zero attached hydrogens (tertiary/aromatic N) is 2. The van der Waals surface area contributed by atoms with Crippen molar-refractivity contribution in [2.75, 3.05) is 12.4 Å². The maximum Gasteiger partial charge on any atom is 0.257 e. The van der Waals surface area contributed by atoms with Crippen LogP contribution < -0.4 is 5.32 Å². The number of carbonyl (C=O) groups is 2. The number of nitrogens with one attached hydrogen (secondary N) is 1. The van der Waals surface area contributed by atoms with Gasteiger partial charge < -0.3 is 10.2 Å². The molecule has 1 heterocycles. The zero-order valence-corrected chi connectivity index (χ0v) is 16.3. The second kappa shape index (κ2) is 8.48. The molecule has 0 fully saturated rings. The summed E-state index contributed by atoms with van der Waals surface area (Å²) in [4.78, 5) is 31.0. The normalized spacial score (nSPS) is 10.4. The van der Waals surface area contributed by atoms with Gasteiger partial charge in [-0.1, -0.05) is 36.4 Å². The van der Waals surface area contributed by atoms with Gasteiger partial charge in [-0.3, -0.25) is 14.6 Å². The SMILES string of the molecule is Cc1cc(C)cc(NC(=O)c2cncc(C(=O)N(C)Cc3ccccc3)c2)c1. The summed E-state index contributed by atoms with van der Waals surface area (Å²) in [6.07, 6.45) is 2.95. The van der Waals surface area contributed by atoms with E-state index in [1.807, 2.05) is 62.4 Å². The van der Waals surface area contributed by atoms with E-state index in [-0.39, 0.29) is 11.8 Å². The zero-order chi connectivity index (χ0) is 20.1. The van der Waals surface area contributed by atoms with Crippen LogP contribution in [0.25, 0.3) is 0 Å². The first-order valence-electron chi connectivity index (χ1n) is 9.06. The average molecular weight is 373 g/mol. The summed E-state index contributed by atoms with van der Waals surface area (Å²) in [5, 5.41) is 2.87. The highest BCUT2D eigenvalue weighted by atomic mass is 16.2. The van der Waals surface area contributed by atoms with Gasteiger partial charge in [-0.05, 0) is 48.7 Å². The Morgan fingerprint density at radius 2 is 1.57 bits per heavy atom. The largest absolute Gasteiger partial charge is 0.337 e. The van der Waals surface area contributed by atoms with Gasteiger partial charge in [-0.2, -0.15) is 0 Å². The van der Waals surface area contributed by atoms with Gasteiger partial charge in [0.25, 0.3) is 11.8 Å². The summed E-state index contributed by atoms with van der Waals surface area (Å²) in [5.41, 5.74) is 4.62. The number of anilines is 1. The Bertz CT molecular complexity index is 979. The number of aryl methyl sites for hydroxylation is 2. The molecular formula is C23H23N3O2. The van der Waals surface area contributed by atoms with Gasteiger partial charge in [0, 0.05) is 31.7 Å². The number of rotatable bonds is 5. The monoisotopic (exact) mass is 373 g/mol. The number of aromatic nitrogens is 1. The van der Waals surface area contributed by atoms with Crippen LogP contribution in [0.15, 0.2) is 67.0 Å². The van der Waals surface area contributed by atoms with Crippen LogP contribution in [0.1, 0.15) is 37.4 Å². The Labute approximate surface area is 165 Å². The lowest BCUT2D eigenvalue weighted by molar-refractivity contribution is 0.0784. The topological polar surface area (TPSA) is 62.3 Å². The molecule has 5 heteroatoms. The molecule has 3 rings (SSSR count). The van der Waals surface area contributed by atoms with E-state index in [0.717, 1.165) is 22.4 Å². The second-order valence-electron chi connectivity index (χ2n) is 6.94. The Kier molecular flexibility index (Phi) is 5.84. The van der Waals surface area contributed by atoms with E-state index in [1.165, 1.54) is 12.4 Å². The molecule has 0 aliphatic heterocycles. The minimum Gasteiger partial charge on any atom is -0.337 e. The van der Waals surface area contributed by atoms with Gasteiger partial charge in [-0.15, -0.1) is 0 Å². The number of hydrogen-bond donors (Lipinski definition) is 1. The fraction of sp³-hybridized carbons (Fsp3) is 0.174. The summed E-state index contributed by atoms with van der Waals surface area (Å²) < 4.78 is 0. The van der Waals surface area contributed by atoms with Crippen molar-refractivity contribution in [3.05, 3.63) is 94.8 Å². The highest BCUT2D eigenvalue weighted by molar-refractivity contribution is 6.05. The van der Waals surface area contributed by atoms with E-state index in [4.69, 9.17) is 0 Å². The Morgan fingerprint density at radius 1 is 0.929 bits per heavy atom. The highest BCUT2D eigenvalue weighted by Crippen LogP contribution is 2.16. The van der Waals surface area contributed by atoms with Gasteiger partial charge in [0.1, 0.15) is 0 Å². The molecular weight excluding hydrogens is 350 g/mol. The van der Waals surface area contributed by atoms with Crippen molar-refractivity contribution in [3.63, 3.8) is 0 Å². The van der Waals surface area contributed by atoms with E-state index < -0.39 is 0 Å². The van der Waals surface area contributed by atoms with Gasteiger partial charge in [-0.25, -0.2) is 0 Å². The van der Waals surface area contributed by atoms with Crippen molar-refractivity contribution < 1.29 is 9.59 Å². The molecule has 0 atom stereocenters. The molecule has 0 aliphatic rings. The molecule has 0 saturated heterocycles. The number of benzene rings is 2. The van der Waals surface area contributed by atoms with Crippen molar-refractivity contribution in [2.24, 2.45) is 0 Å². The van der Waals surface area contributed by atoms with Crippen molar-refractivity contribution in [2.45, 2.75) is 20.4 Å². The molecule has 0 aliphatic carbocycles. The van der Waals surface area contributed by atoms with Crippen LogP contribution >= 0.6 is 0 Å². The molecule has 0 radical (unpaired) electrons. The number of hydrogen-bond acceptors (Lipinski definition) is 3. The van der Waals surface area contributed by atoms with Crippen molar-refractivity contribution >= 4 is 17.5 Å². The molecule has 0 spiro atoms. The molecule has 2 aromatic carbocycles. The van der Waals surface area contributed by atoms with Gasteiger partial charge >= 0.3 is 0 Å². The van der Waals surface area contributed by atoms with Gasteiger partial charge in [0.05, 0.1) is 11.1 Å². The third kappa shape index (κ3) is 4.82. The van der Waals surface area contributed by atoms with Crippen LogP contribution in [0.3, 0.4) is 0 Å². The average Bonchev–Trinajstić information content (AvgIpc) is 2.67. The van der Waals surface area contributed by atoms with Crippen LogP contribution in [0, 0.1) is 13.8 Å². The smallest absolute Gasteiger partial charge is 0.257 e. The molecule has 3 aromatic rings. The van der Waals surface area contributed by atoms with E-state index in [1.54, 1.807) is 18.0 Å². The lowest BCUT2D eigenvalue weighted by Crippen LogP contribution is -2.26. The third-order valence-electron chi connectivity index (χ3n) is 4.34. The lowest BCUT2D eigenvalue weighted by Gasteiger charge is -2.17. The summed E-state index contributed by atoms with van der Waals surface area (Å²) in [5.74, 6) is -0.477. The van der Waals surface area contributed by atoms with Crippen molar-refractivity contribution in [1.29, 1.82) is 0 Å². The number of carbonyl (C=O) groups excluding carboxylic acids is 2. The molecule has 0 unspecified atom stereocenters. The minimum atomic E-state index is -0.294. The molecule has 0 saturated carbocycles. The van der Waals surface area contributed by atoms with Crippen LogP contribution in [-0.4, -0.2) is 28.7 Å². The Balaban J connectivity index is 1.73. The van der Waals surface area contributed by atoms with Gasteiger partial charge in [0.15, 0.2) is 0 Å². The zero-order valence-electron chi connectivity index (χ0n) is 16.3. The fourth-order valence-corrected chi connectivity index (χ4v) is 3.08. The van der Waals surface area contributed by atoms with Crippen LogP contribution in [0.5, 0.6) is 0 Å². The molecule has 1 aromatic heterocycles. The van der Waals surface area contributed by atoms with E-state index in [9.17, 15) is 9.59 Å². The predicted molar refractivity (Wildman–Crippen MR) is 110 cm³/mol. The summed E-state index contributed by atoms with van der Waals surface area (Å²) in [6, 6.07) is 17.2. The predicted octanol–water partition coefficient (Wildman–Crippen LogP) is 4.22. The summed E-state index contributed by atoms with van der Waals surface area (Å²) >= 11 is 0. The maximum atomic E-state index is 12.7. The third-order valence-corrected chi connectivity index (χ3v) is 4.34. The summed E-state index contributed by atoms with van der Waals surface area (Å²) in [7, 11) is 1.73. The molecule has 5 nitrogen and oxygen atoms in total. The first-order chi connectivity index (χ1) is 13.4. The molecule has 1 N–H and O–H groups in total. The number of amides is 2. The van der Waals surface area contributed by atoms with Crippen molar-refractivity contribution in [1.82, 2.24) is 9.88 Å². The molecule has 142 valence electrons. The summed E-state index contributed by atoms with van der Waals surface area (Å²) in [6.45, 7) is 4.44. The molecule has 0 bridgehead atoms. The van der Waals surface area contributed by atoms with Gasteiger partial charge in [0.2, 0.25) is 0 Å². The standard InChI is InChI=1S/C23H23N3O2/c1-16-9-17(2)11-21(10-16)25-22(27)19-12-20(14-24-13-19)23(28)26(3)15-18-7-5-4-6-8-18/h4-14H,15H2,1-3H3,(H,25,27). The quantitative estimate of drug-likeness (QED) is 0.728. The van der Waals surface area contributed by atoms with Crippen LogP contribution in [-0.2, 0) is 6.54 Å². The molecule has 2 amide bonds. The first-order valence-corrected chi connectivity index (χ1v) is 9.06. The molecule has 28 heavy (non-hydrogen) atoms. The Hall–Kier alpha value is -3.47. The lowest BCUT2D eigenvalue weighted by atomic mass is 10.1. The number of pyridine rings is 1. The van der Waals surface area contributed by atoms with E-state index >= 15 is 0 Å². The Morgan fingerprint density at radius 3 is 2.25 bits per heavy atom.